The van der Waals surface area contributed by atoms with E-state index in [-0.39, 0.29) is 11.8 Å². The van der Waals surface area contributed by atoms with Crippen molar-refractivity contribution >= 4 is 22.6 Å². The van der Waals surface area contributed by atoms with Crippen LogP contribution in [0.25, 0.3) is 10.8 Å². The minimum absolute atomic E-state index is 0.0102. The molecule has 0 saturated heterocycles. The topological polar surface area (TPSA) is 49.4 Å². The molecule has 31 heavy (non-hydrogen) atoms. The second-order valence-electron chi connectivity index (χ2n) is 8.46. The maximum Gasteiger partial charge on any atom is 0.242 e. The molecule has 4 nitrogen and oxygen atoms in total. The summed E-state index contributed by atoms with van der Waals surface area (Å²) in [5.74, 6) is 0.243. The Hall–Kier alpha value is -3.14. The smallest absolute Gasteiger partial charge is 0.242 e. The molecule has 0 aliphatic carbocycles. The third kappa shape index (κ3) is 6.17. The van der Waals surface area contributed by atoms with E-state index in [1.165, 1.54) is 10.8 Å². The molecular formula is C27H32N2O2. The highest BCUT2D eigenvalue weighted by molar-refractivity contribution is 5.88. The molecule has 0 fully saturated rings. The molecule has 1 unspecified atom stereocenters. The number of aryl methyl sites for hydroxylation is 1. The number of benzene rings is 3. The number of carbonyl (C=O) groups excluding carboxylic acids is 2. The van der Waals surface area contributed by atoms with E-state index in [0.29, 0.717) is 31.8 Å². The standard InChI is InChI=1S/C27H32N2O2/c1-20(2)18-28-27(31)21(3)29(19-22-10-5-4-6-11-22)26(30)17-16-24-14-9-13-23-12-7-8-15-25(23)24/h4-15,20-21H,16-19H2,1-3H3,(H,28,31). The van der Waals surface area contributed by atoms with Gasteiger partial charge < -0.3 is 10.2 Å². The molecule has 3 aromatic carbocycles. The van der Waals surface area contributed by atoms with Crippen LogP contribution in [-0.2, 0) is 22.6 Å². The molecule has 0 aliphatic heterocycles. The minimum Gasteiger partial charge on any atom is -0.354 e. The molecule has 0 spiro atoms. The van der Waals surface area contributed by atoms with Crippen molar-refractivity contribution < 1.29 is 9.59 Å². The summed E-state index contributed by atoms with van der Waals surface area (Å²) in [4.78, 5) is 27.7. The Morgan fingerprint density at radius 2 is 1.55 bits per heavy atom. The van der Waals surface area contributed by atoms with E-state index in [4.69, 9.17) is 0 Å². The summed E-state index contributed by atoms with van der Waals surface area (Å²) in [5, 5.41) is 5.32. The van der Waals surface area contributed by atoms with Gasteiger partial charge in [0.15, 0.2) is 0 Å². The third-order valence-corrected chi connectivity index (χ3v) is 5.54. The van der Waals surface area contributed by atoms with E-state index in [1.54, 1.807) is 4.90 Å². The molecule has 0 bridgehead atoms. The SMILES string of the molecule is CC(C)CNC(=O)C(C)N(Cc1ccccc1)C(=O)CCc1cccc2ccccc12. The third-order valence-electron chi connectivity index (χ3n) is 5.54. The van der Waals surface area contributed by atoms with Crippen molar-refractivity contribution in [1.82, 2.24) is 10.2 Å². The first-order valence-corrected chi connectivity index (χ1v) is 11.0. The quantitative estimate of drug-likeness (QED) is 0.536. The van der Waals surface area contributed by atoms with Gasteiger partial charge in [-0.15, -0.1) is 0 Å². The minimum atomic E-state index is -0.529. The zero-order valence-corrected chi connectivity index (χ0v) is 18.7. The first-order valence-electron chi connectivity index (χ1n) is 11.0. The predicted molar refractivity (Wildman–Crippen MR) is 127 cm³/mol. The van der Waals surface area contributed by atoms with Gasteiger partial charge in [-0.2, -0.15) is 0 Å². The van der Waals surface area contributed by atoms with E-state index in [9.17, 15) is 9.59 Å². The normalized spacial score (nSPS) is 12.0. The fourth-order valence-corrected chi connectivity index (χ4v) is 3.71. The van der Waals surface area contributed by atoms with Gasteiger partial charge in [0.05, 0.1) is 0 Å². The van der Waals surface area contributed by atoms with Crippen LogP contribution in [0.1, 0.15) is 38.3 Å². The Labute approximate surface area is 185 Å². The van der Waals surface area contributed by atoms with Crippen molar-refractivity contribution in [3.63, 3.8) is 0 Å². The lowest BCUT2D eigenvalue weighted by atomic mass is 10.0. The van der Waals surface area contributed by atoms with Gasteiger partial charge in [-0.25, -0.2) is 0 Å². The van der Waals surface area contributed by atoms with Crippen LogP contribution in [0.4, 0.5) is 0 Å². The number of nitrogens with one attached hydrogen (secondary N) is 1. The molecule has 0 heterocycles. The van der Waals surface area contributed by atoms with Crippen LogP contribution in [0.15, 0.2) is 72.8 Å². The van der Waals surface area contributed by atoms with Crippen LogP contribution in [0, 0.1) is 5.92 Å². The molecule has 2 amide bonds. The molecule has 1 atom stereocenters. The van der Waals surface area contributed by atoms with Gasteiger partial charge in [0.2, 0.25) is 11.8 Å². The number of hydrogen-bond donors (Lipinski definition) is 1. The van der Waals surface area contributed by atoms with E-state index in [1.807, 2.05) is 55.5 Å². The van der Waals surface area contributed by atoms with Crippen LogP contribution in [-0.4, -0.2) is 29.3 Å². The fraction of sp³-hybridized carbons (Fsp3) is 0.333. The molecular weight excluding hydrogens is 384 g/mol. The average Bonchev–Trinajstić information content (AvgIpc) is 2.79. The van der Waals surface area contributed by atoms with Crippen LogP contribution < -0.4 is 5.32 Å². The second-order valence-corrected chi connectivity index (χ2v) is 8.46. The second kappa shape index (κ2) is 10.8. The van der Waals surface area contributed by atoms with Crippen LogP contribution in [0.2, 0.25) is 0 Å². The van der Waals surface area contributed by atoms with Crippen LogP contribution in [0.5, 0.6) is 0 Å². The largest absolute Gasteiger partial charge is 0.354 e. The van der Waals surface area contributed by atoms with E-state index in [2.05, 4.69) is 43.4 Å². The Balaban J connectivity index is 1.75. The molecule has 0 aromatic heterocycles. The summed E-state index contributed by atoms with van der Waals surface area (Å²) < 4.78 is 0. The van der Waals surface area contributed by atoms with Gasteiger partial charge in [-0.05, 0) is 41.2 Å². The predicted octanol–water partition coefficient (Wildman–Crippen LogP) is 4.96. The highest BCUT2D eigenvalue weighted by Crippen LogP contribution is 2.21. The molecule has 0 aliphatic rings. The lowest BCUT2D eigenvalue weighted by molar-refractivity contribution is -0.140. The summed E-state index contributed by atoms with van der Waals surface area (Å²) in [7, 11) is 0. The van der Waals surface area contributed by atoms with Crippen LogP contribution in [0.3, 0.4) is 0 Å². The summed E-state index contributed by atoms with van der Waals surface area (Å²) in [6.07, 6.45) is 1.01. The molecule has 162 valence electrons. The van der Waals surface area contributed by atoms with Crippen molar-refractivity contribution in [1.29, 1.82) is 0 Å². The highest BCUT2D eigenvalue weighted by Gasteiger charge is 2.26. The Kier molecular flexibility index (Phi) is 7.82. The summed E-state index contributed by atoms with van der Waals surface area (Å²) >= 11 is 0. The average molecular weight is 417 g/mol. The van der Waals surface area contributed by atoms with Gasteiger partial charge >= 0.3 is 0 Å². The van der Waals surface area contributed by atoms with Gasteiger partial charge in [-0.3, -0.25) is 9.59 Å². The van der Waals surface area contributed by atoms with Gasteiger partial charge in [-0.1, -0.05) is 86.6 Å². The first kappa shape index (κ1) is 22.5. The Bertz CT molecular complexity index is 1010. The van der Waals surface area contributed by atoms with E-state index < -0.39 is 6.04 Å². The summed E-state index contributed by atoms with van der Waals surface area (Å²) in [5.41, 5.74) is 2.17. The van der Waals surface area contributed by atoms with Crippen molar-refractivity contribution in [3.8, 4) is 0 Å². The number of rotatable bonds is 9. The first-order chi connectivity index (χ1) is 15.0. The van der Waals surface area contributed by atoms with Gasteiger partial charge in [0, 0.05) is 19.5 Å². The number of carbonyl (C=O) groups is 2. The van der Waals surface area contributed by atoms with Crippen molar-refractivity contribution in [2.45, 2.75) is 46.2 Å². The maximum atomic E-state index is 13.3. The molecule has 3 aromatic rings. The molecule has 0 radical (unpaired) electrons. The monoisotopic (exact) mass is 416 g/mol. The van der Waals surface area contributed by atoms with Crippen LogP contribution >= 0.6 is 0 Å². The number of nitrogens with zero attached hydrogens (tertiary/aromatic N) is 1. The molecule has 3 rings (SSSR count). The lowest BCUT2D eigenvalue weighted by Crippen LogP contribution is -2.48. The van der Waals surface area contributed by atoms with Crippen molar-refractivity contribution in [2.24, 2.45) is 5.92 Å². The lowest BCUT2D eigenvalue weighted by Gasteiger charge is -2.29. The van der Waals surface area contributed by atoms with E-state index in [0.717, 1.165) is 11.1 Å². The Morgan fingerprint density at radius 3 is 2.29 bits per heavy atom. The number of fused-ring (bicyclic) bond motifs is 1. The maximum absolute atomic E-state index is 13.3. The summed E-state index contributed by atoms with van der Waals surface area (Å²) in [6.45, 7) is 6.95. The van der Waals surface area contributed by atoms with Crippen molar-refractivity contribution in [3.05, 3.63) is 83.9 Å². The molecule has 0 saturated carbocycles. The molecule has 1 N–H and O–H groups in total. The summed E-state index contributed by atoms with van der Waals surface area (Å²) in [6, 6.07) is 23.7. The Morgan fingerprint density at radius 1 is 0.871 bits per heavy atom. The highest BCUT2D eigenvalue weighted by atomic mass is 16.2. The number of amides is 2. The zero-order valence-electron chi connectivity index (χ0n) is 18.7. The van der Waals surface area contributed by atoms with Gasteiger partial charge in [0.25, 0.3) is 0 Å². The number of hydrogen-bond acceptors (Lipinski definition) is 2. The fourth-order valence-electron chi connectivity index (χ4n) is 3.71. The van der Waals surface area contributed by atoms with Gasteiger partial charge in [0.1, 0.15) is 6.04 Å². The molecule has 4 heteroatoms. The van der Waals surface area contributed by atoms with Crippen molar-refractivity contribution in [2.75, 3.05) is 6.54 Å². The van der Waals surface area contributed by atoms with E-state index >= 15 is 0 Å². The zero-order chi connectivity index (χ0) is 22.2.